The van der Waals surface area contributed by atoms with Crippen molar-refractivity contribution in [3.8, 4) is 11.5 Å². The van der Waals surface area contributed by atoms with Gasteiger partial charge in [0, 0.05) is 12.2 Å². The van der Waals surface area contributed by atoms with Gasteiger partial charge in [-0.1, -0.05) is 30.4 Å². The second kappa shape index (κ2) is 7.89. The number of ether oxygens (including phenoxy) is 2. The van der Waals surface area contributed by atoms with E-state index in [1.54, 1.807) is 38.5 Å². The maximum Gasteiger partial charge on any atom is 0.337 e. The van der Waals surface area contributed by atoms with Gasteiger partial charge in [-0.3, -0.25) is 0 Å². The van der Waals surface area contributed by atoms with Gasteiger partial charge in [-0.15, -0.1) is 0 Å². The number of rotatable bonds is 7. The van der Waals surface area contributed by atoms with E-state index in [1.807, 2.05) is 30.4 Å². The molecule has 0 atom stereocenters. The van der Waals surface area contributed by atoms with E-state index in [4.69, 9.17) is 14.6 Å². The molecule has 2 aromatic carbocycles. The van der Waals surface area contributed by atoms with Gasteiger partial charge < -0.3 is 19.9 Å². The van der Waals surface area contributed by atoms with Crippen LogP contribution in [0.4, 0.5) is 5.69 Å². The Hall–Kier alpha value is -2.95. The molecule has 23 heavy (non-hydrogen) atoms. The molecule has 2 rings (SSSR count). The molecule has 5 nitrogen and oxygen atoms in total. The standard InChI is InChI=1S/C18H19NO4/c1-22-16-10-9-13(12-17(16)23-2)6-5-11-19-15-8-4-3-7-14(15)18(20)21/h3-10,12,19H,11H2,1-2H3,(H,20,21)/b6-5+. The molecule has 0 saturated heterocycles. The van der Waals surface area contributed by atoms with E-state index in [0.29, 0.717) is 23.7 Å². The van der Waals surface area contributed by atoms with Gasteiger partial charge in [0.1, 0.15) is 0 Å². The van der Waals surface area contributed by atoms with Crippen molar-refractivity contribution in [1.29, 1.82) is 0 Å². The summed E-state index contributed by atoms with van der Waals surface area (Å²) >= 11 is 0. The van der Waals surface area contributed by atoms with Crippen LogP contribution in [0.5, 0.6) is 11.5 Å². The fourth-order valence-corrected chi connectivity index (χ4v) is 2.14. The molecule has 0 aromatic heterocycles. The molecule has 0 heterocycles. The quantitative estimate of drug-likeness (QED) is 0.818. The maximum absolute atomic E-state index is 11.1. The normalized spacial score (nSPS) is 10.5. The van der Waals surface area contributed by atoms with Crippen molar-refractivity contribution in [2.45, 2.75) is 0 Å². The molecule has 0 bridgehead atoms. The SMILES string of the molecule is COc1ccc(/C=C/CNc2ccccc2C(=O)O)cc1OC. The number of para-hydroxylation sites is 1. The fourth-order valence-electron chi connectivity index (χ4n) is 2.14. The lowest BCUT2D eigenvalue weighted by molar-refractivity contribution is 0.0698. The molecule has 120 valence electrons. The van der Waals surface area contributed by atoms with Crippen LogP contribution < -0.4 is 14.8 Å². The highest BCUT2D eigenvalue weighted by molar-refractivity contribution is 5.94. The summed E-state index contributed by atoms with van der Waals surface area (Å²) in [5.41, 5.74) is 1.82. The summed E-state index contributed by atoms with van der Waals surface area (Å²) in [4.78, 5) is 11.1. The lowest BCUT2D eigenvalue weighted by Gasteiger charge is -2.08. The number of aromatic carboxylic acids is 1. The molecule has 0 unspecified atom stereocenters. The Morgan fingerprint density at radius 3 is 2.57 bits per heavy atom. The molecule has 0 aliphatic heterocycles. The molecule has 5 heteroatoms. The van der Waals surface area contributed by atoms with Gasteiger partial charge >= 0.3 is 5.97 Å². The Bertz CT molecular complexity index is 710. The van der Waals surface area contributed by atoms with Crippen LogP contribution in [0.1, 0.15) is 15.9 Å². The van der Waals surface area contributed by atoms with E-state index >= 15 is 0 Å². The summed E-state index contributed by atoms with van der Waals surface area (Å²) in [5, 5.41) is 12.2. The van der Waals surface area contributed by atoms with Crippen LogP contribution in [0.25, 0.3) is 6.08 Å². The average Bonchev–Trinajstić information content (AvgIpc) is 2.58. The predicted octanol–water partition coefficient (Wildman–Crippen LogP) is 3.53. The minimum atomic E-state index is -0.947. The summed E-state index contributed by atoms with van der Waals surface area (Å²) in [5.74, 6) is 0.397. The van der Waals surface area contributed by atoms with Crippen molar-refractivity contribution in [2.75, 3.05) is 26.1 Å². The van der Waals surface area contributed by atoms with Gasteiger partial charge in [-0.05, 0) is 29.8 Å². The third-order valence-corrected chi connectivity index (χ3v) is 3.29. The number of carboxylic acids is 1. The molecule has 2 N–H and O–H groups in total. The van der Waals surface area contributed by atoms with Crippen LogP contribution >= 0.6 is 0 Å². The number of benzene rings is 2. The molecular weight excluding hydrogens is 294 g/mol. The zero-order valence-corrected chi connectivity index (χ0v) is 13.1. The van der Waals surface area contributed by atoms with Crippen LogP contribution in [0.2, 0.25) is 0 Å². The number of hydrogen-bond donors (Lipinski definition) is 2. The van der Waals surface area contributed by atoms with Crippen LogP contribution in [0.15, 0.2) is 48.5 Å². The third kappa shape index (κ3) is 4.26. The summed E-state index contributed by atoms with van der Waals surface area (Å²) in [6.45, 7) is 0.513. The zero-order valence-electron chi connectivity index (χ0n) is 13.1. The van der Waals surface area contributed by atoms with Crippen molar-refractivity contribution in [2.24, 2.45) is 0 Å². The van der Waals surface area contributed by atoms with E-state index in [1.165, 1.54) is 0 Å². The molecule has 2 aromatic rings. The minimum absolute atomic E-state index is 0.256. The Morgan fingerprint density at radius 1 is 1.13 bits per heavy atom. The lowest BCUT2D eigenvalue weighted by Crippen LogP contribution is -2.05. The lowest BCUT2D eigenvalue weighted by atomic mass is 10.1. The maximum atomic E-state index is 11.1. The van der Waals surface area contributed by atoms with E-state index < -0.39 is 5.97 Å². The van der Waals surface area contributed by atoms with Crippen LogP contribution in [0.3, 0.4) is 0 Å². The first-order valence-electron chi connectivity index (χ1n) is 7.10. The van der Waals surface area contributed by atoms with Gasteiger partial charge in [0.15, 0.2) is 11.5 Å². The molecular formula is C18H19NO4. The number of methoxy groups -OCH3 is 2. The predicted molar refractivity (Wildman–Crippen MR) is 90.5 cm³/mol. The first-order chi connectivity index (χ1) is 11.2. The highest BCUT2D eigenvalue weighted by Crippen LogP contribution is 2.27. The van der Waals surface area contributed by atoms with Gasteiger partial charge in [-0.2, -0.15) is 0 Å². The Morgan fingerprint density at radius 2 is 1.87 bits per heavy atom. The zero-order chi connectivity index (χ0) is 16.7. The topological polar surface area (TPSA) is 67.8 Å². The molecule has 0 amide bonds. The van der Waals surface area contributed by atoms with Crippen molar-refractivity contribution in [3.05, 3.63) is 59.7 Å². The van der Waals surface area contributed by atoms with E-state index in [0.717, 1.165) is 5.56 Å². The molecule has 0 fully saturated rings. The minimum Gasteiger partial charge on any atom is -0.493 e. The number of carboxylic acid groups (broad SMARTS) is 1. The van der Waals surface area contributed by atoms with Crippen molar-refractivity contribution >= 4 is 17.7 Å². The Kier molecular flexibility index (Phi) is 5.63. The fraction of sp³-hybridized carbons (Fsp3) is 0.167. The summed E-state index contributed by atoms with van der Waals surface area (Å²) < 4.78 is 10.4. The van der Waals surface area contributed by atoms with Crippen LogP contribution in [0, 0.1) is 0 Å². The van der Waals surface area contributed by atoms with Gasteiger partial charge in [-0.25, -0.2) is 4.79 Å². The summed E-state index contributed by atoms with van der Waals surface area (Å²) in [7, 11) is 3.19. The molecule has 0 saturated carbocycles. The van der Waals surface area contributed by atoms with E-state index in [9.17, 15) is 4.79 Å². The smallest absolute Gasteiger partial charge is 0.337 e. The number of anilines is 1. The monoisotopic (exact) mass is 313 g/mol. The largest absolute Gasteiger partial charge is 0.493 e. The first kappa shape index (κ1) is 16.4. The van der Waals surface area contributed by atoms with Gasteiger partial charge in [0.2, 0.25) is 0 Å². The number of carbonyl (C=O) groups is 1. The van der Waals surface area contributed by atoms with Gasteiger partial charge in [0.05, 0.1) is 19.8 Å². The van der Waals surface area contributed by atoms with Crippen molar-refractivity contribution in [3.63, 3.8) is 0 Å². The number of hydrogen-bond acceptors (Lipinski definition) is 4. The molecule has 0 aliphatic rings. The molecule has 0 radical (unpaired) electrons. The van der Waals surface area contributed by atoms with E-state index in [-0.39, 0.29) is 5.56 Å². The van der Waals surface area contributed by atoms with Crippen molar-refractivity contribution < 1.29 is 19.4 Å². The Labute approximate surface area is 135 Å². The second-order valence-electron chi connectivity index (χ2n) is 4.75. The molecule has 0 spiro atoms. The summed E-state index contributed by atoms with van der Waals surface area (Å²) in [6.07, 6.45) is 3.85. The molecule has 0 aliphatic carbocycles. The second-order valence-corrected chi connectivity index (χ2v) is 4.75. The number of nitrogens with one attached hydrogen (secondary N) is 1. The highest BCUT2D eigenvalue weighted by Gasteiger charge is 2.07. The summed E-state index contributed by atoms with van der Waals surface area (Å²) in [6, 6.07) is 12.5. The highest BCUT2D eigenvalue weighted by atomic mass is 16.5. The van der Waals surface area contributed by atoms with Crippen LogP contribution in [-0.4, -0.2) is 31.8 Å². The average molecular weight is 313 g/mol. The van der Waals surface area contributed by atoms with Crippen LogP contribution in [-0.2, 0) is 0 Å². The Balaban J connectivity index is 2.02. The van der Waals surface area contributed by atoms with E-state index in [2.05, 4.69) is 5.32 Å². The van der Waals surface area contributed by atoms with Gasteiger partial charge in [0.25, 0.3) is 0 Å². The first-order valence-corrected chi connectivity index (χ1v) is 7.10. The van der Waals surface area contributed by atoms with Crippen molar-refractivity contribution in [1.82, 2.24) is 0 Å². The third-order valence-electron chi connectivity index (χ3n) is 3.29.